The highest BCUT2D eigenvalue weighted by Crippen LogP contribution is 2.22. The van der Waals surface area contributed by atoms with Gasteiger partial charge in [0.15, 0.2) is 0 Å². The third kappa shape index (κ3) is 3.69. The van der Waals surface area contributed by atoms with E-state index >= 15 is 0 Å². The molecular weight excluding hydrogens is 198 g/mol. The van der Waals surface area contributed by atoms with E-state index in [0.29, 0.717) is 13.0 Å². The van der Waals surface area contributed by atoms with Gasteiger partial charge in [-0.1, -0.05) is 52.0 Å². The number of hydrogen-bond donors (Lipinski definition) is 1. The van der Waals surface area contributed by atoms with Gasteiger partial charge in [-0.3, -0.25) is 4.79 Å². The van der Waals surface area contributed by atoms with E-state index in [4.69, 9.17) is 0 Å². The number of hydrogen-bond acceptors (Lipinski definition) is 1. The van der Waals surface area contributed by atoms with Crippen molar-refractivity contribution in [2.45, 2.75) is 46.1 Å². The first-order valence-corrected chi connectivity index (χ1v) is 5.79. The Morgan fingerprint density at radius 3 is 2.56 bits per heavy atom. The molecule has 0 aromatic heterocycles. The van der Waals surface area contributed by atoms with E-state index < -0.39 is 0 Å². The Hall–Kier alpha value is -1.31. The number of carbonyl (C=O) groups is 1. The summed E-state index contributed by atoms with van der Waals surface area (Å²) in [5.74, 6) is 0.0983. The smallest absolute Gasteiger partial charge is 0.219 e. The standard InChI is InChI=1S/C14H21NO/c1-5-13(16)15-10-11-7-6-8-12(9-11)14(2,3)4/h6-9H,5,10H2,1-4H3,(H,15,16). The summed E-state index contributed by atoms with van der Waals surface area (Å²) < 4.78 is 0. The molecule has 1 N–H and O–H groups in total. The average Bonchev–Trinajstić information content (AvgIpc) is 2.25. The van der Waals surface area contributed by atoms with E-state index in [2.05, 4.69) is 38.2 Å². The molecule has 1 aromatic carbocycles. The topological polar surface area (TPSA) is 29.1 Å². The Labute approximate surface area is 98.1 Å². The summed E-state index contributed by atoms with van der Waals surface area (Å²) in [4.78, 5) is 11.2. The number of nitrogens with one attached hydrogen (secondary N) is 1. The summed E-state index contributed by atoms with van der Waals surface area (Å²) in [6.07, 6.45) is 0.541. The van der Waals surface area contributed by atoms with Crippen molar-refractivity contribution in [2.75, 3.05) is 0 Å². The zero-order chi connectivity index (χ0) is 12.2. The van der Waals surface area contributed by atoms with Gasteiger partial charge in [0.05, 0.1) is 0 Å². The Morgan fingerprint density at radius 1 is 1.31 bits per heavy atom. The molecule has 16 heavy (non-hydrogen) atoms. The van der Waals surface area contributed by atoms with E-state index in [1.54, 1.807) is 0 Å². The van der Waals surface area contributed by atoms with E-state index in [0.717, 1.165) is 5.56 Å². The highest BCUT2D eigenvalue weighted by Gasteiger charge is 2.13. The van der Waals surface area contributed by atoms with Gasteiger partial charge in [-0.15, -0.1) is 0 Å². The second-order valence-electron chi connectivity index (χ2n) is 5.08. The van der Waals surface area contributed by atoms with Gasteiger partial charge >= 0.3 is 0 Å². The molecule has 0 spiro atoms. The monoisotopic (exact) mass is 219 g/mol. The molecular formula is C14H21NO. The van der Waals surface area contributed by atoms with Crippen LogP contribution in [-0.4, -0.2) is 5.91 Å². The van der Waals surface area contributed by atoms with Crippen LogP contribution >= 0.6 is 0 Å². The third-order valence-corrected chi connectivity index (χ3v) is 2.60. The number of rotatable bonds is 3. The van der Waals surface area contributed by atoms with Crippen molar-refractivity contribution < 1.29 is 4.79 Å². The van der Waals surface area contributed by atoms with Crippen LogP contribution in [0.4, 0.5) is 0 Å². The average molecular weight is 219 g/mol. The van der Waals surface area contributed by atoms with E-state index in [-0.39, 0.29) is 11.3 Å². The first kappa shape index (κ1) is 12.8. The molecule has 0 aliphatic rings. The minimum Gasteiger partial charge on any atom is -0.352 e. The van der Waals surface area contributed by atoms with Crippen molar-refractivity contribution in [3.8, 4) is 0 Å². The van der Waals surface area contributed by atoms with Crippen molar-refractivity contribution in [3.05, 3.63) is 35.4 Å². The first-order valence-electron chi connectivity index (χ1n) is 5.79. The quantitative estimate of drug-likeness (QED) is 0.832. The molecule has 0 saturated carbocycles. The van der Waals surface area contributed by atoms with Crippen LogP contribution in [0.3, 0.4) is 0 Å². The molecule has 1 amide bonds. The van der Waals surface area contributed by atoms with E-state index in [9.17, 15) is 4.79 Å². The lowest BCUT2D eigenvalue weighted by molar-refractivity contribution is -0.120. The number of carbonyl (C=O) groups excluding carboxylic acids is 1. The fraction of sp³-hybridized carbons (Fsp3) is 0.500. The van der Waals surface area contributed by atoms with E-state index in [1.807, 2.05) is 19.1 Å². The molecule has 1 aromatic rings. The maximum atomic E-state index is 11.2. The van der Waals surface area contributed by atoms with Gasteiger partial charge in [0.2, 0.25) is 5.91 Å². The normalized spacial score (nSPS) is 11.2. The van der Waals surface area contributed by atoms with Crippen LogP contribution in [-0.2, 0) is 16.8 Å². The van der Waals surface area contributed by atoms with Crippen LogP contribution in [0, 0.1) is 0 Å². The Bertz CT molecular complexity index is 363. The number of amides is 1. The van der Waals surface area contributed by atoms with Gasteiger partial charge in [-0.2, -0.15) is 0 Å². The molecule has 0 bridgehead atoms. The van der Waals surface area contributed by atoms with Crippen molar-refractivity contribution >= 4 is 5.91 Å². The largest absolute Gasteiger partial charge is 0.352 e. The molecule has 0 heterocycles. The van der Waals surface area contributed by atoms with Crippen LogP contribution in [0.5, 0.6) is 0 Å². The summed E-state index contributed by atoms with van der Waals surface area (Å²) in [6.45, 7) is 9.06. The summed E-state index contributed by atoms with van der Waals surface area (Å²) in [5, 5.41) is 2.89. The molecule has 0 unspecified atom stereocenters. The maximum absolute atomic E-state index is 11.2. The van der Waals surface area contributed by atoms with Gasteiger partial charge in [0.25, 0.3) is 0 Å². The van der Waals surface area contributed by atoms with Crippen LogP contribution < -0.4 is 5.32 Å². The highest BCUT2D eigenvalue weighted by atomic mass is 16.1. The van der Waals surface area contributed by atoms with Crippen LogP contribution in [0.25, 0.3) is 0 Å². The molecule has 0 saturated heterocycles. The molecule has 1 rings (SSSR count). The summed E-state index contributed by atoms with van der Waals surface area (Å²) in [5.41, 5.74) is 2.62. The Morgan fingerprint density at radius 2 is 2.00 bits per heavy atom. The Balaban J connectivity index is 2.72. The van der Waals surface area contributed by atoms with Gasteiger partial charge in [0.1, 0.15) is 0 Å². The Kier molecular flexibility index (Phi) is 4.11. The lowest BCUT2D eigenvalue weighted by Gasteiger charge is -2.19. The van der Waals surface area contributed by atoms with E-state index in [1.165, 1.54) is 5.56 Å². The van der Waals surface area contributed by atoms with Crippen LogP contribution in [0.15, 0.2) is 24.3 Å². The molecule has 0 fully saturated rings. The SMILES string of the molecule is CCC(=O)NCc1cccc(C(C)(C)C)c1. The molecule has 0 radical (unpaired) electrons. The highest BCUT2D eigenvalue weighted by molar-refractivity contribution is 5.75. The van der Waals surface area contributed by atoms with Gasteiger partial charge in [-0.05, 0) is 16.5 Å². The summed E-state index contributed by atoms with van der Waals surface area (Å²) in [7, 11) is 0. The van der Waals surface area contributed by atoms with Crippen molar-refractivity contribution in [2.24, 2.45) is 0 Å². The fourth-order valence-electron chi connectivity index (χ4n) is 1.47. The predicted octanol–water partition coefficient (Wildman–Crippen LogP) is 3.01. The second kappa shape index (κ2) is 5.15. The molecule has 2 nitrogen and oxygen atoms in total. The third-order valence-electron chi connectivity index (χ3n) is 2.60. The number of benzene rings is 1. The molecule has 0 aliphatic heterocycles. The van der Waals surface area contributed by atoms with Crippen LogP contribution in [0.1, 0.15) is 45.2 Å². The molecule has 88 valence electrons. The summed E-state index contributed by atoms with van der Waals surface area (Å²) in [6, 6.07) is 8.39. The second-order valence-corrected chi connectivity index (χ2v) is 5.08. The lowest BCUT2D eigenvalue weighted by atomic mass is 9.86. The van der Waals surface area contributed by atoms with Gasteiger partial charge in [0, 0.05) is 13.0 Å². The van der Waals surface area contributed by atoms with Crippen molar-refractivity contribution in [1.29, 1.82) is 0 Å². The zero-order valence-corrected chi connectivity index (χ0v) is 10.6. The molecule has 0 aliphatic carbocycles. The van der Waals surface area contributed by atoms with Gasteiger partial charge in [-0.25, -0.2) is 0 Å². The van der Waals surface area contributed by atoms with Crippen LogP contribution in [0.2, 0.25) is 0 Å². The minimum absolute atomic E-state index is 0.0983. The first-order chi connectivity index (χ1) is 7.43. The summed E-state index contributed by atoms with van der Waals surface area (Å²) >= 11 is 0. The molecule has 2 heteroatoms. The minimum atomic E-state index is 0.0983. The zero-order valence-electron chi connectivity index (χ0n) is 10.6. The van der Waals surface area contributed by atoms with Crippen molar-refractivity contribution in [3.63, 3.8) is 0 Å². The fourth-order valence-corrected chi connectivity index (χ4v) is 1.47. The maximum Gasteiger partial charge on any atom is 0.219 e. The molecule has 0 atom stereocenters. The lowest BCUT2D eigenvalue weighted by Crippen LogP contribution is -2.21. The predicted molar refractivity (Wildman–Crippen MR) is 67.3 cm³/mol. The van der Waals surface area contributed by atoms with Crippen molar-refractivity contribution in [1.82, 2.24) is 5.32 Å². The van der Waals surface area contributed by atoms with Gasteiger partial charge < -0.3 is 5.32 Å².